The molecule has 1 aliphatic heterocycles. The Kier molecular flexibility index (Phi) is 3.00. The van der Waals surface area contributed by atoms with Gasteiger partial charge in [0.1, 0.15) is 0 Å². The lowest BCUT2D eigenvalue weighted by atomic mass is 9.95. The number of aryl methyl sites for hydroxylation is 1. The Morgan fingerprint density at radius 3 is 2.95 bits per heavy atom. The molecule has 0 spiro atoms. The quantitative estimate of drug-likeness (QED) is 0.841. The molecule has 0 fully saturated rings. The van der Waals surface area contributed by atoms with Crippen LogP contribution >= 0.6 is 0 Å². The van der Waals surface area contributed by atoms with Crippen LogP contribution in [0.5, 0.6) is 0 Å². The Bertz CT molecular complexity index is 608. The van der Waals surface area contributed by atoms with Crippen molar-refractivity contribution in [1.29, 1.82) is 0 Å². The molecule has 0 radical (unpaired) electrons. The van der Waals surface area contributed by atoms with E-state index in [1.807, 2.05) is 18.2 Å². The van der Waals surface area contributed by atoms with Crippen molar-refractivity contribution < 1.29 is 9.32 Å². The molecule has 0 saturated heterocycles. The molecule has 19 heavy (non-hydrogen) atoms. The third kappa shape index (κ3) is 2.48. The number of anilines is 1. The molecule has 0 saturated carbocycles. The first-order chi connectivity index (χ1) is 9.22. The monoisotopic (exact) mass is 258 g/mol. The minimum absolute atomic E-state index is 0.142. The topological polar surface area (TPSA) is 80.0 Å². The molecule has 2 N–H and O–H groups in total. The van der Waals surface area contributed by atoms with Crippen molar-refractivity contribution in [1.82, 2.24) is 15.5 Å². The van der Waals surface area contributed by atoms with Gasteiger partial charge in [-0.3, -0.25) is 10.1 Å². The van der Waals surface area contributed by atoms with E-state index in [-0.39, 0.29) is 18.0 Å². The first-order valence-electron chi connectivity index (χ1n) is 6.14. The molecule has 1 atom stereocenters. The highest BCUT2D eigenvalue weighted by molar-refractivity contribution is 5.93. The second kappa shape index (κ2) is 4.81. The van der Waals surface area contributed by atoms with E-state index in [4.69, 9.17) is 4.52 Å². The summed E-state index contributed by atoms with van der Waals surface area (Å²) in [6, 6.07) is 7.97. The number of nitrogens with zero attached hydrogens (tertiary/aromatic N) is 2. The normalized spacial score (nSPS) is 17.8. The molecule has 6 heteroatoms. The second-order valence-corrected chi connectivity index (χ2v) is 4.54. The van der Waals surface area contributed by atoms with Gasteiger partial charge in [0, 0.05) is 6.54 Å². The van der Waals surface area contributed by atoms with Crippen LogP contribution < -0.4 is 10.6 Å². The number of rotatable bonds is 2. The Morgan fingerprint density at radius 1 is 1.42 bits per heavy atom. The van der Waals surface area contributed by atoms with Gasteiger partial charge in [0.2, 0.25) is 5.91 Å². The average molecular weight is 258 g/mol. The van der Waals surface area contributed by atoms with Crippen molar-refractivity contribution in [3.8, 4) is 0 Å². The third-order valence-electron chi connectivity index (χ3n) is 3.16. The molecule has 2 aromatic rings. The van der Waals surface area contributed by atoms with E-state index < -0.39 is 0 Å². The van der Waals surface area contributed by atoms with Crippen molar-refractivity contribution in [2.24, 2.45) is 0 Å². The van der Waals surface area contributed by atoms with Crippen LogP contribution in [0.25, 0.3) is 0 Å². The molecule has 1 aromatic heterocycles. The van der Waals surface area contributed by atoms with E-state index in [9.17, 15) is 4.79 Å². The maximum Gasteiger partial charge on any atom is 0.328 e. The number of carbonyl (C=O) groups excluding carboxylic acids is 1. The highest BCUT2D eigenvalue weighted by atomic mass is 16.5. The van der Waals surface area contributed by atoms with E-state index in [2.05, 4.69) is 26.8 Å². The van der Waals surface area contributed by atoms with Crippen LogP contribution in [0.3, 0.4) is 0 Å². The van der Waals surface area contributed by atoms with E-state index in [1.54, 1.807) is 6.92 Å². The van der Waals surface area contributed by atoms with Gasteiger partial charge < -0.3 is 9.84 Å². The number of hydrogen-bond acceptors (Lipinski definition) is 5. The van der Waals surface area contributed by atoms with Crippen LogP contribution in [0.15, 0.2) is 28.8 Å². The molecular formula is C13H14N4O2. The lowest BCUT2D eigenvalue weighted by Crippen LogP contribution is -2.44. The zero-order valence-corrected chi connectivity index (χ0v) is 10.5. The summed E-state index contributed by atoms with van der Waals surface area (Å²) in [5, 5.41) is 9.45. The lowest BCUT2D eigenvalue weighted by Gasteiger charge is -2.24. The molecule has 2 heterocycles. The summed E-state index contributed by atoms with van der Waals surface area (Å²) in [6.45, 7) is 2.39. The van der Waals surface area contributed by atoms with Gasteiger partial charge in [-0.25, -0.2) is 0 Å². The minimum Gasteiger partial charge on any atom is -0.315 e. The molecule has 1 aliphatic rings. The highest BCUT2D eigenvalue weighted by Crippen LogP contribution is 2.17. The fourth-order valence-corrected chi connectivity index (χ4v) is 2.18. The number of hydrogen-bond donors (Lipinski definition) is 2. The van der Waals surface area contributed by atoms with Crippen molar-refractivity contribution >= 4 is 11.9 Å². The summed E-state index contributed by atoms with van der Waals surface area (Å²) in [5.41, 5.74) is 2.43. The van der Waals surface area contributed by atoms with Gasteiger partial charge in [0.15, 0.2) is 5.82 Å². The Balaban J connectivity index is 1.69. The van der Waals surface area contributed by atoms with E-state index in [1.165, 1.54) is 11.1 Å². The number of benzene rings is 1. The van der Waals surface area contributed by atoms with Gasteiger partial charge in [0.25, 0.3) is 0 Å². The summed E-state index contributed by atoms with van der Waals surface area (Å²) in [4.78, 5) is 16.0. The maximum atomic E-state index is 12.1. The van der Waals surface area contributed by atoms with Gasteiger partial charge in [-0.2, -0.15) is 4.98 Å². The van der Waals surface area contributed by atoms with Gasteiger partial charge in [-0.05, 0) is 24.5 Å². The van der Waals surface area contributed by atoms with Crippen LogP contribution in [0.2, 0.25) is 0 Å². The molecule has 0 aliphatic carbocycles. The number of aromatic nitrogens is 2. The van der Waals surface area contributed by atoms with E-state index >= 15 is 0 Å². The van der Waals surface area contributed by atoms with Crippen molar-refractivity contribution in [2.45, 2.75) is 25.9 Å². The van der Waals surface area contributed by atoms with Crippen LogP contribution in [0, 0.1) is 6.92 Å². The van der Waals surface area contributed by atoms with Crippen molar-refractivity contribution in [3.63, 3.8) is 0 Å². The summed E-state index contributed by atoms with van der Waals surface area (Å²) in [6.07, 6.45) is 0.662. The summed E-state index contributed by atoms with van der Waals surface area (Å²) in [5.74, 6) is 0.343. The SMILES string of the molecule is Cc1noc(NC(=O)C2Cc3ccccc3CN2)n1. The first kappa shape index (κ1) is 11.9. The Morgan fingerprint density at radius 2 is 2.21 bits per heavy atom. The van der Waals surface area contributed by atoms with E-state index in [0.29, 0.717) is 18.8 Å². The fourth-order valence-electron chi connectivity index (χ4n) is 2.18. The third-order valence-corrected chi connectivity index (χ3v) is 3.16. The zero-order valence-electron chi connectivity index (χ0n) is 10.5. The second-order valence-electron chi connectivity index (χ2n) is 4.54. The highest BCUT2D eigenvalue weighted by Gasteiger charge is 2.24. The Labute approximate surface area is 110 Å². The van der Waals surface area contributed by atoms with E-state index in [0.717, 1.165) is 0 Å². The van der Waals surface area contributed by atoms with Crippen LogP contribution in [-0.4, -0.2) is 22.1 Å². The molecule has 1 unspecified atom stereocenters. The summed E-state index contributed by atoms with van der Waals surface area (Å²) >= 11 is 0. The lowest BCUT2D eigenvalue weighted by molar-refractivity contribution is -0.118. The van der Waals surface area contributed by atoms with Gasteiger partial charge in [-0.1, -0.05) is 29.4 Å². The minimum atomic E-state index is -0.276. The number of fused-ring (bicyclic) bond motifs is 1. The van der Waals surface area contributed by atoms with Crippen molar-refractivity contribution in [3.05, 3.63) is 41.2 Å². The van der Waals surface area contributed by atoms with Gasteiger partial charge in [-0.15, -0.1) is 0 Å². The average Bonchev–Trinajstić information content (AvgIpc) is 2.83. The van der Waals surface area contributed by atoms with Crippen molar-refractivity contribution in [2.75, 3.05) is 5.32 Å². The molecular weight excluding hydrogens is 244 g/mol. The molecule has 1 amide bonds. The summed E-state index contributed by atoms with van der Waals surface area (Å²) < 4.78 is 4.87. The maximum absolute atomic E-state index is 12.1. The first-order valence-corrected chi connectivity index (χ1v) is 6.14. The standard InChI is InChI=1S/C13H14N4O2/c1-8-15-13(19-17-8)16-12(18)11-6-9-4-2-3-5-10(9)7-14-11/h2-5,11,14H,6-7H2,1H3,(H,15,16,17,18). The van der Waals surface area contributed by atoms with Gasteiger partial charge in [0.05, 0.1) is 6.04 Å². The predicted molar refractivity (Wildman–Crippen MR) is 68.4 cm³/mol. The molecule has 98 valence electrons. The molecule has 6 nitrogen and oxygen atoms in total. The van der Waals surface area contributed by atoms with Crippen LogP contribution in [0.1, 0.15) is 17.0 Å². The zero-order chi connectivity index (χ0) is 13.2. The van der Waals surface area contributed by atoms with Crippen LogP contribution in [-0.2, 0) is 17.8 Å². The summed E-state index contributed by atoms with van der Waals surface area (Å²) in [7, 11) is 0. The molecule has 0 bridgehead atoms. The number of amides is 1. The van der Waals surface area contributed by atoms with Crippen LogP contribution in [0.4, 0.5) is 6.01 Å². The molecule has 1 aromatic carbocycles. The fraction of sp³-hybridized carbons (Fsp3) is 0.308. The Hall–Kier alpha value is -2.21. The largest absolute Gasteiger partial charge is 0.328 e. The smallest absolute Gasteiger partial charge is 0.315 e. The predicted octanol–water partition coefficient (Wildman–Crippen LogP) is 1.03. The number of nitrogens with one attached hydrogen (secondary N) is 2. The van der Waals surface area contributed by atoms with Gasteiger partial charge >= 0.3 is 6.01 Å². The number of carbonyl (C=O) groups is 1. The molecule has 3 rings (SSSR count).